The van der Waals surface area contributed by atoms with Crippen LogP contribution in [0.25, 0.3) is 10.9 Å². The standard InChI is InChI=1S/C11H12N4O/c1-7(14-15-11(12)16)10-6-8-4-2-3-5-9(8)13-10/h2-6,13H,1H3,(H3,12,15,16)/b14-7+. The van der Waals surface area contributed by atoms with Gasteiger partial charge in [0.25, 0.3) is 0 Å². The highest BCUT2D eigenvalue weighted by Crippen LogP contribution is 2.14. The van der Waals surface area contributed by atoms with Crippen molar-refractivity contribution in [2.45, 2.75) is 6.92 Å². The van der Waals surface area contributed by atoms with Crippen LogP contribution in [0.3, 0.4) is 0 Å². The van der Waals surface area contributed by atoms with Gasteiger partial charge in [-0.1, -0.05) is 18.2 Å². The first-order valence-electron chi connectivity index (χ1n) is 4.84. The number of nitrogens with two attached hydrogens (primary N) is 1. The molecule has 82 valence electrons. The smallest absolute Gasteiger partial charge is 0.332 e. The van der Waals surface area contributed by atoms with Crippen molar-refractivity contribution in [1.29, 1.82) is 0 Å². The van der Waals surface area contributed by atoms with Crippen LogP contribution in [-0.2, 0) is 0 Å². The second-order valence-electron chi connectivity index (χ2n) is 3.44. The molecule has 0 spiro atoms. The molecular weight excluding hydrogens is 204 g/mol. The molecule has 0 aliphatic rings. The normalized spacial score (nSPS) is 11.7. The average molecular weight is 216 g/mol. The zero-order valence-electron chi connectivity index (χ0n) is 8.82. The average Bonchev–Trinajstić information content (AvgIpc) is 2.69. The van der Waals surface area contributed by atoms with Gasteiger partial charge in [0.1, 0.15) is 0 Å². The number of fused-ring (bicyclic) bond motifs is 1. The van der Waals surface area contributed by atoms with Crippen molar-refractivity contribution < 1.29 is 4.79 Å². The lowest BCUT2D eigenvalue weighted by Gasteiger charge is -1.96. The van der Waals surface area contributed by atoms with Crippen LogP contribution >= 0.6 is 0 Å². The third-order valence-corrected chi connectivity index (χ3v) is 2.25. The number of nitrogens with one attached hydrogen (secondary N) is 2. The number of rotatable bonds is 2. The maximum Gasteiger partial charge on any atom is 0.332 e. The van der Waals surface area contributed by atoms with Crippen LogP contribution in [0.15, 0.2) is 35.4 Å². The number of hydrazone groups is 1. The molecule has 0 bridgehead atoms. The summed E-state index contributed by atoms with van der Waals surface area (Å²) in [6.07, 6.45) is 0. The quantitative estimate of drug-likeness (QED) is 0.516. The van der Waals surface area contributed by atoms with Crippen molar-refractivity contribution in [3.63, 3.8) is 0 Å². The molecule has 0 atom stereocenters. The highest BCUT2D eigenvalue weighted by Gasteiger charge is 2.02. The molecule has 4 N–H and O–H groups in total. The number of benzene rings is 1. The van der Waals surface area contributed by atoms with Crippen LogP contribution in [0.1, 0.15) is 12.6 Å². The summed E-state index contributed by atoms with van der Waals surface area (Å²) in [5, 5.41) is 4.95. The Balaban J connectivity index is 2.33. The summed E-state index contributed by atoms with van der Waals surface area (Å²) in [5.41, 5.74) is 9.69. The van der Waals surface area contributed by atoms with Gasteiger partial charge in [0.05, 0.1) is 11.4 Å². The first kappa shape index (κ1) is 10.2. The molecule has 0 aliphatic carbocycles. The minimum atomic E-state index is -0.671. The van der Waals surface area contributed by atoms with E-state index < -0.39 is 6.03 Å². The Hall–Kier alpha value is -2.30. The SMILES string of the molecule is C/C(=N\NC(N)=O)c1cc2ccccc2[nH]1. The Morgan fingerprint density at radius 1 is 1.44 bits per heavy atom. The Morgan fingerprint density at radius 2 is 2.19 bits per heavy atom. The first-order chi connectivity index (χ1) is 7.66. The van der Waals surface area contributed by atoms with Crippen molar-refractivity contribution in [1.82, 2.24) is 10.4 Å². The molecule has 5 heteroatoms. The fourth-order valence-electron chi connectivity index (χ4n) is 1.47. The van der Waals surface area contributed by atoms with E-state index in [9.17, 15) is 4.79 Å². The summed E-state index contributed by atoms with van der Waals surface area (Å²) in [6.45, 7) is 1.79. The number of aromatic nitrogens is 1. The number of urea groups is 1. The molecule has 0 unspecified atom stereocenters. The van der Waals surface area contributed by atoms with E-state index in [1.807, 2.05) is 30.3 Å². The molecule has 0 aliphatic heterocycles. The Morgan fingerprint density at radius 3 is 2.88 bits per heavy atom. The van der Waals surface area contributed by atoms with Gasteiger partial charge in [-0.05, 0) is 19.1 Å². The molecule has 0 radical (unpaired) electrons. The molecule has 0 fully saturated rings. The fraction of sp³-hybridized carbons (Fsp3) is 0.0909. The number of nitrogens with zero attached hydrogens (tertiary/aromatic N) is 1. The highest BCUT2D eigenvalue weighted by atomic mass is 16.2. The van der Waals surface area contributed by atoms with Gasteiger partial charge in [0.15, 0.2) is 0 Å². The molecule has 1 aromatic carbocycles. The van der Waals surface area contributed by atoms with Gasteiger partial charge in [0.2, 0.25) is 0 Å². The van der Waals surface area contributed by atoms with Gasteiger partial charge in [-0.3, -0.25) is 0 Å². The van der Waals surface area contributed by atoms with Crippen LogP contribution in [0.5, 0.6) is 0 Å². The minimum absolute atomic E-state index is 0.671. The zero-order valence-corrected chi connectivity index (χ0v) is 8.82. The summed E-state index contributed by atoms with van der Waals surface area (Å²) in [4.78, 5) is 13.7. The van der Waals surface area contributed by atoms with Crippen LogP contribution < -0.4 is 11.2 Å². The molecule has 0 saturated carbocycles. The van der Waals surface area contributed by atoms with E-state index in [2.05, 4.69) is 15.5 Å². The van der Waals surface area contributed by atoms with E-state index in [-0.39, 0.29) is 0 Å². The van der Waals surface area contributed by atoms with E-state index >= 15 is 0 Å². The highest BCUT2D eigenvalue weighted by molar-refractivity contribution is 6.01. The van der Waals surface area contributed by atoms with Gasteiger partial charge in [-0.15, -0.1) is 0 Å². The first-order valence-corrected chi connectivity index (χ1v) is 4.84. The lowest BCUT2D eigenvalue weighted by Crippen LogP contribution is -2.25. The maximum absolute atomic E-state index is 10.5. The number of para-hydroxylation sites is 1. The lowest BCUT2D eigenvalue weighted by molar-refractivity contribution is 0.249. The number of amides is 2. The second kappa shape index (κ2) is 4.06. The topological polar surface area (TPSA) is 83.3 Å². The molecule has 5 nitrogen and oxygen atoms in total. The summed E-state index contributed by atoms with van der Waals surface area (Å²) in [5.74, 6) is 0. The van der Waals surface area contributed by atoms with E-state index in [1.54, 1.807) is 6.92 Å². The van der Waals surface area contributed by atoms with Crippen molar-refractivity contribution in [2.24, 2.45) is 10.8 Å². The molecule has 16 heavy (non-hydrogen) atoms. The van der Waals surface area contributed by atoms with Crippen molar-refractivity contribution in [2.75, 3.05) is 0 Å². The molecule has 2 aromatic rings. The van der Waals surface area contributed by atoms with E-state index in [4.69, 9.17) is 5.73 Å². The van der Waals surface area contributed by atoms with Crippen LogP contribution in [0, 0.1) is 0 Å². The fourth-order valence-corrected chi connectivity index (χ4v) is 1.47. The monoisotopic (exact) mass is 216 g/mol. The van der Waals surface area contributed by atoms with E-state index in [1.165, 1.54) is 0 Å². The van der Waals surface area contributed by atoms with Gasteiger partial charge in [0, 0.05) is 10.9 Å². The van der Waals surface area contributed by atoms with Gasteiger partial charge in [-0.25, -0.2) is 10.2 Å². The summed E-state index contributed by atoms with van der Waals surface area (Å²) in [7, 11) is 0. The summed E-state index contributed by atoms with van der Waals surface area (Å²) < 4.78 is 0. The molecule has 1 aromatic heterocycles. The van der Waals surface area contributed by atoms with Crippen molar-refractivity contribution >= 4 is 22.6 Å². The third kappa shape index (κ3) is 2.03. The third-order valence-electron chi connectivity index (χ3n) is 2.25. The Kier molecular flexibility index (Phi) is 2.59. The van der Waals surface area contributed by atoms with Crippen molar-refractivity contribution in [3.8, 4) is 0 Å². The summed E-state index contributed by atoms with van der Waals surface area (Å²) in [6, 6.07) is 9.20. The number of hydrogen-bond donors (Lipinski definition) is 3. The molecule has 0 saturated heterocycles. The molecule has 2 amide bonds. The molecule has 2 rings (SSSR count). The Labute approximate surface area is 92.3 Å². The number of carbonyl (C=O) groups excluding carboxylic acids is 1. The zero-order chi connectivity index (χ0) is 11.5. The maximum atomic E-state index is 10.5. The number of H-pyrrole nitrogens is 1. The predicted molar refractivity (Wildman–Crippen MR) is 63.2 cm³/mol. The second-order valence-corrected chi connectivity index (χ2v) is 3.44. The van der Waals surface area contributed by atoms with Gasteiger partial charge < -0.3 is 10.7 Å². The van der Waals surface area contributed by atoms with Crippen LogP contribution in [0.4, 0.5) is 4.79 Å². The summed E-state index contributed by atoms with van der Waals surface area (Å²) >= 11 is 0. The predicted octanol–water partition coefficient (Wildman–Crippen LogP) is 1.56. The van der Waals surface area contributed by atoms with Crippen molar-refractivity contribution in [3.05, 3.63) is 36.0 Å². The van der Waals surface area contributed by atoms with Gasteiger partial charge >= 0.3 is 6.03 Å². The minimum Gasteiger partial charge on any atom is -0.353 e. The number of carbonyl (C=O) groups is 1. The largest absolute Gasteiger partial charge is 0.353 e. The molecule has 1 heterocycles. The van der Waals surface area contributed by atoms with E-state index in [0.717, 1.165) is 16.6 Å². The van der Waals surface area contributed by atoms with Gasteiger partial charge in [-0.2, -0.15) is 5.10 Å². The van der Waals surface area contributed by atoms with Crippen LogP contribution in [-0.4, -0.2) is 16.7 Å². The van der Waals surface area contributed by atoms with Crippen LogP contribution in [0.2, 0.25) is 0 Å². The number of aromatic amines is 1. The van der Waals surface area contributed by atoms with E-state index in [0.29, 0.717) is 5.71 Å². The Bertz CT molecular complexity index is 523. The number of hydrogen-bond acceptors (Lipinski definition) is 2. The number of primary amides is 1. The molecular formula is C11H12N4O. The lowest BCUT2D eigenvalue weighted by atomic mass is 10.2.